The maximum Gasteiger partial charge on any atom is 0.409 e. The van der Waals surface area contributed by atoms with Gasteiger partial charge in [-0.15, -0.1) is 0 Å². The van der Waals surface area contributed by atoms with Crippen molar-refractivity contribution in [3.63, 3.8) is 0 Å². The third kappa shape index (κ3) is 4.45. The van der Waals surface area contributed by atoms with E-state index in [1.807, 2.05) is 24.3 Å². The Balaban J connectivity index is 1.39. The zero-order valence-electron chi connectivity index (χ0n) is 15.8. The van der Waals surface area contributed by atoms with Gasteiger partial charge in [-0.25, -0.2) is 14.2 Å². The second-order valence-corrected chi connectivity index (χ2v) is 6.78. The van der Waals surface area contributed by atoms with Gasteiger partial charge in [-0.2, -0.15) is 0 Å². The molecule has 1 fully saturated rings. The number of hydrogen-bond acceptors (Lipinski definition) is 5. The first kappa shape index (κ1) is 18.7. The summed E-state index contributed by atoms with van der Waals surface area (Å²) in [7, 11) is 1.73. The predicted molar refractivity (Wildman–Crippen MR) is 107 cm³/mol. The molecular formula is C22H20FN3O3. The highest BCUT2D eigenvalue weighted by atomic mass is 19.1. The predicted octanol–water partition coefficient (Wildman–Crippen LogP) is 4.75. The molecule has 148 valence electrons. The van der Waals surface area contributed by atoms with Gasteiger partial charge in [0, 0.05) is 25.0 Å². The molecule has 1 N–H and O–H groups in total. The van der Waals surface area contributed by atoms with E-state index in [4.69, 9.17) is 9.47 Å². The van der Waals surface area contributed by atoms with Crippen LogP contribution in [-0.4, -0.2) is 35.7 Å². The standard InChI is InChI=1S/C22H20FN3O3/c1-26-17(14-28-22(26)27)12-15-5-8-18(9-6-15)29-20-10-7-16(13-19(20)23)25-21-4-2-3-11-24-21/h2-11,13,17H,12,14H2,1H3,(H,24,25)/t17-/m0/s1. The summed E-state index contributed by atoms with van der Waals surface area (Å²) >= 11 is 0. The Morgan fingerprint density at radius 3 is 2.69 bits per heavy atom. The number of ether oxygens (including phenoxy) is 2. The zero-order chi connectivity index (χ0) is 20.2. The maximum atomic E-state index is 14.4. The number of hydrogen-bond donors (Lipinski definition) is 1. The Hall–Kier alpha value is -3.61. The largest absolute Gasteiger partial charge is 0.454 e. The first-order valence-electron chi connectivity index (χ1n) is 9.22. The lowest BCUT2D eigenvalue weighted by atomic mass is 10.1. The van der Waals surface area contributed by atoms with Gasteiger partial charge in [-0.3, -0.25) is 0 Å². The topological polar surface area (TPSA) is 63.7 Å². The molecule has 2 heterocycles. The molecule has 3 aromatic rings. The van der Waals surface area contributed by atoms with E-state index in [1.165, 1.54) is 6.07 Å². The van der Waals surface area contributed by atoms with Crippen LogP contribution in [0, 0.1) is 5.82 Å². The molecule has 1 aliphatic rings. The Kier molecular flexibility index (Phi) is 5.29. The second-order valence-electron chi connectivity index (χ2n) is 6.78. The van der Waals surface area contributed by atoms with Crippen molar-refractivity contribution in [3.8, 4) is 11.5 Å². The van der Waals surface area contributed by atoms with Gasteiger partial charge in [0.25, 0.3) is 0 Å². The van der Waals surface area contributed by atoms with Gasteiger partial charge in [0.2, 0.25) is 0 Å². The Morgan fingerprint density at radius 1 is 1.21 bits per heavy atom. The summed E-state index contributed by atoms with van der Waals surface area (Å²) in [4.78, 5) is 17.2. The molecule has 0 radical (unpaired) electrons. The normalized spacial score (nSPS) is 15.9. The van der Waals surface area contributed by atoms with Crippen LogP contribution in [0.3, 0.4) is 0 Å². The molecule has 0 aliphatic carbocycles. The van der Waals surface area contributed by atoms with Crippen LogP contribution in [0.1, 0.15) is 5.56 Å². The summed E-state index contributed by atoms with van der Waals surface area (Å²) in [5.41, 5.74) is 1.63. The van der Waals surface area contributed by atoms with Crippen molar-refractivity contribution in [3.05, 3.63) is 78.2 Å². The molecule has 1 aromatic heterocycles. The van der Waals surface area contributed by atoms with Gasteiger partial charge in [0.05, 0.1) is 6.04 Å². The van der Waals surface area contributed by atoms with Crippen molar-refractivity contribution >= 4 is 17.6 Å². The summed E-state index contributed by atoms with van der Waals surface area (Å²) < 4.78 is 25.1. The number of anilines is 2. The number of carbonyl (C=O) groups excluding carboxylic acids is 1. The summed E-state index contributed by atoms with van der Waals surface area (Å²) in [6.07, 6.45) is 2.05. The number of halogens is 1. The first-order chi connectivity index (χ1) is 14.1. The van der Waals surface area contributed by atoms with E-state index < -0.39 is 5.82 Å². The summed E-state index contributed by atoms with van der Waals surface area (Å²) in [6.45, 7) is 0.387. The zero-order valence-corrected chi connectivity index (χ0v) is 15.8. The highest BCUT2D eigenvalue weighted by Crippen LogP contribution is 2.28. The van der Waals surface area contributed by atoms with Crippen LogP contribution >= 0.6 is 0 Å². The van der Waals surface area contributed by atoms with Crippen LogP contribution in [-0.2, 0) is 11.2 Å². The molecule has 4 rings (SSSR count). The SMILES string of the molecule is CN1C(=O)OC[C@@H]1Cc1ccc(Oc2ccc(Nc3ccccn3)cc2F)cc1. The van der Waals surface area contributed by atoms with E-state index in [9.17, 15) is 9.18 Å². The van der Waals surface area contributed by atoms with Gasteiger partial charge in [-0.1, -0.05) is 18.2 Å². The van der Waals surface area contributed by atoms with E-state index >= 15 is 0 Å². The molecule has 1 aliphatic heterocycles. The molecule has 29 heavy (non-hydrogen) atoms. The lowest BCUT2D eigenvalue weighted by Crippen LogP contribution is -2.30. The molecule has 0 saturated carbocycles. The molecule has 7 heteroatoms. The number of benzene rings is 2. The number of pyridine rings is 1. The van der Waals surface area contributed by atoms with E-state index in [1.54, 1.807) is 48.5 Å². The lowest BCUT2D eigenvalue weighted by molar-refractivity contribution is 0.163. The van der Waals surface area contributed by atoms with Crippen LogP contribution in [0.2, 0.25) is 0 Å². The maximum absolute atomic E-state index is 14.4. The Labute approximate surface area is 167 Å². The minimum absolute atomic E-state index is 0.0193. The third-order valence-corrected chi connectivity index (χ3v) is 4.73. The highest BCUT2D eigenvalue weighted by molar-refractivity contribution is 5.69. The van der Waals surface area contributed by atoms with Crippen molar-refractivity contribution in [1.29, 1.82) is 0 Å². The van der Waals surface area contributed by atoms with Crippen molar-refractivity contribution in [2.45, 2.75) is 12.5 Å². The number of rotatable bonds is 6. The van der Waals surface area contributed by atoms with Crippen LogP contribution in [0.25, 0.3) is 0 Å². The van der Waals surface area contributed by atoms with Crippen molar-refractivity contribution in [2.24, 2.45) is 0 Å². The molecule has 2 aromatic carbocycles. The highest BCUT2D eigenvalue weighted by Gasteiger charge is 2.29. The number of carbonyl (C=O) groups is 1. The molecule has 0 bridgehead atoms. The van der Waals surface area contributed by atoms with Crippen LogP contribution in [0.15, 0.2) is 66.9 Å². The van der Waals surface area contributed by atoms with Crippen LogP contribution in [0.5, 0.6) is 11.5 Å². The van der Waals surface area contributed by atoms with Crippen LogP contribution < -0.4 is 10.1 Å². The molecule has 6 nitrogen and oxygen atoms in total. The third-order valence-electron chi connectivity index (χ3n) is 4.73. The molecule has 0 unspecified atom stereocenters. The van der Waals surface area contributed by atoms with Gasteiger partial charge < -0.3 is 19.7 Å². The molecule has 1 atom stereocenters. The van der Waals surface area contributed by atoms with E-state index in [0.717, 1.165) is 5.56 Å². The van der Waals surface area contributed by atoms with Gasteiger partial charge in [-0.05, 0) is 48.4 Å². The van der Waals surface area contributed by atoms with Gasteiger partial charge in [0.15, 0.2) is 11.6 Å². The smallest absolute Gasteiger partial charge is 0.409 e. The molecular weight excluding hydrogens is 373 g/mol. The minimum atomic E-state index is -0.474. The fraction of sp³-hybridized carbons (Fsp3) is 0.182. The van der Waals surface area contributed by atoms with Crippen molar-refractivity contribution < 1.29 is 18.7 Å². The average molecular weight is 393 g/mol. The Bertz CT molecular complexity index is 996. The van der Waals surface area contributed by atoms with E-state index in [2.05, 4.69) is 10.3 Å². The number of nitrogens with one attached hydrogen (secondary N) is 1. The summed E-state index contributed by atoms with van der Waals surface area (Å²) in [5.74, 6) is 0.832. The minimum Gasteiger partial charge on any atom is -0.454 e. The number of likely N-dealkylation sites (N-methyl/N-ethyl adjacent to an activating group) is 1. The van der Waals surface area contributed by atoms with E-state index in [0.29, 0.717) is 30.3 Å². The second kappa shape index (κ2) is 8.18. The van der Waals surface area contributed by atoms with Crippen molar-refractivity contribution in [1.82, 2.24) is 9.88 Å². The lowest BCUT2D eigenvalue weighted by Gasteiger charge is -2.16. The van der Waals surface area contributed by atoms with Gasteiger partial charge in [0.1, 0.15) is 18.2 Å². The monoisotopic (exact) mass is 393 g/mol. The van der Waals surface area contributed by atoms with Crippen LogP contribution in [0.4, 0.5) is 20.7 Å². The first-order valence-corrected chi connectivity index (χ1v) is 9.22. The molecule has 1 saturated heterocycles. The van der Waals surface area contributed by atoms with Gasteiger partial charge >= 0.3 is 6.09 Å². The number of aromatic nitrogens is 1. The fourth-order valence-corrected chi connectivity index (χ4v) is 3.06. The molecule has 0 spiro atoms. The van der Waals surface area contributed by atoms with Crippen molar-refractivity contribution in [2.75, 3.05) is 19.0 Å². The number of amides is 1. The fourth-order valence-electron chi connectivity index (χ4n) is 3.06. The number of cyclic esters (lactones) is 1. The molecule has 1 amide bonds. The summed E-state index contributed by atoms with van der Waals surface area (Å²) in [6, 6.07) is 17.5. The Morgan fingerprint density at radius 2 is 2.03 bits per heavy atom. The van der Waals surface area contributed by atoms with E-state index in [-0.39, 0.29) is 17.9 Å². The summed E-state index contributed by atoms with van der Waals surface area (Å²) in [5, 5.41) is 3.04. The average Bonchev–Trinajstić information content (AvgIpc) is 3.04. The number of nitrogens with zero attached hydrogens (tertiary/aromatic N) is 2. The quantitative estimate of drug-likeness (QED) is 0.655.